The highest BCUT2D eigenvalue weighted by atomic mass is 16.5. The number of hydrogen-bond donors (Lipinski definition) is 0. The highest BCUT2D eigenvalue weighted by Gasteiger charge is 2.14. The maximum atomic E-state index is 11.9. The molecule has 0 aliphatic carbocycles. The van der Waals surface area contributed by atoms with Crippen molar-refractivity contribution >= 4 is 5.78 Å². The molecule has 0 heterocycles. The summed E-state index contributed by atoms with van der Waals surface area (Å²) in [5.74, 6) is 0.583. The van der Waals surface area contributed by atoms with E-state index in [0.29, 0.717) is 25.4 Å². The lowest BCUT2D eigenvalue weighted by molar-refractivity contribution is -0.119. The molecule has 19 heavy (non-hydrogen) atoms. The number of rotatable bonds is 6. The van der Waals surface area contributed by atoms with Crippen LogP contribution in [0.5, 0.6) is 0 Å². The molecule has 0 saturated carbocycles. The first kappa shape index (κ1) is 15.9. The number of hydrogen-bond acceptors (Lipinski definition) is 2. The average Bonchev–Trinajstić information content (AvgIpc) is 2.28. The van der Waals surface area contributed by atoms with Gasteiger partial charge in [0.2, 0.25) is 0 Å². The monoisotopic (exact) mass is 262 g/mol. The summed E-state index contributed by atoms with van der Waals surface area (Å²) in [5.41, 5.74) is 2.56. The van der Waals surface area contributed by atoms with Crippen molar-refractivity contribution in [3.05, 3.63) is 35.4 Å². The van der Waals surface area contributed by atoms with Crippen molar-refractivity contribution in [2.75, 3.05) is 13.7 Å². The highest BCUT2D eigenvalue weighted by molar-refractivity contribution is 5.81. The molecule has 0 spiro atoms. The van der Waals surface area contributed by atoms with E-state index in [-0.39, 0.29) is 11.2 Å². The van der Waals surface area contributed by atoms with Crippen LogP contribution in [0.15, 0.2) is 24.3 Å². The number of methoxy groups -OCH3 is 1. The first-order chi connectivity index (χ1) is 8.82. The second-order valence-electron chi connectivity index (χ2n) is 6.43. The average molecular weight is 262 g/mol. The Bertz CT molecular complexity index is 398. The SMILES string of the molecule is COCC(C)CC(=O)Cc1ccc(C(C)(C)C)cc1. The van der Waals surface area contributed by atoms with E-state index in [1.807, 2.05) is 6.92 Å². The molecule has 0 bridgehead atoms. The lowest BCUT2D eigenvalue weighted by Gasteiger charge is -2.19. The van der Waals surface area contributed by atoms with Crippen LogP contribution in [0.2, 0.25) is 0 Å². The minimum Gasteiger partial charge on any atom is -0.384 e. The van der Waals surface area contributed by atoms with Gasteiger partial charge in [-0.05, 0) is 22.5 Å². The second kappa shape index (κ2) is 6.85. The summed E-state index contributed by atoms with van der Waals surface area (Å²) in [6.45, 7) is 9.28. The highest BCUT2D eigenvalue weighted by Crippen LogP contribution is 2.22. The van der Waals surface area contributed by atoms with Gasteiger partial charge in [0.1, 0.15) is 5.78 Å². The predicted octanol–water partition coefficient (Wildman–Crippen LogP) is 3.77. The Morgan fingerprint density at radius 3 is 2.26 bits per heavy atom. The van der Waals surface area contributed by atoms with Crippen LogP contribution < -0.4 is 0 Å². The van der Waals surface area contributed by atoms with E-state index >= 15 is 0 Å². The predicted molar refractivity (Wildman–Crippen MR) is 79.5 cm³/mol. The summed E-state index contributed by atoms with van der Waals surface area (Å²) >= 11 is 0. The zero-order valence-electron chi connectivity index (χ0n) is 12.8. The van der Waals surface area contributed by atoms with E-state index in [0.717, 1.165) is 5.56 Å². The molecule has 106 valence electrons. The number of ether oxygens (including phenoxy) is 1. The molecular weight excluding hydrogens is 236 g/mol. The molecule has 1 rings (SSSR count). The van der Waals surface area contributed by atoms with E-state index < -0.39 is 0 Å². The van der Waals surface area contributed by atoms with Crippen LogP contribution in [0.1, 0.15) is 45.2 Å². The Kier molecular flexibility index (Phi) is 5.74. The minimum atomic E-state index is 0.162. The number of benzene rings is 1. The first-order valence-electron chi connectivity index (χ1n) is 6.93. The zero-order valence-corrected chi connectivity index (χ0v) is 12.8. The topological polar surface area (TPSA) is 26.3 Å². The summed E-state index contributed by atoms with van der Waals surface area (Å²) in [4.78, 5) is 11.9. The van der Waals surface area contributed by atoms with Crippen molar-refractivity contribution < 1.29 is 9.53 Å². The van der Waals surface area contributed by atoms with Crippen LogP contribution in [0.4, 0.5) is 0 Å². The van der Waals surface area contributed by atoms with Crippen molar-refractivity contribution in [1.82, 2.24) is 0 Å². The third kappa shape index (κ3) is 5.56. The van der Waals surface area contributed by atoms with Gasteiger partial charge in [0.15, 0.2) is 0 Å². The molecular formula is C17H26O2. The zero-order chi connectivity index (χ0) is 14.5. The smallest absolute Gasteiger partial charge is 0.137 e. The Morgan fingerprint density at radius 1 is 1.21 bits per heavy atom. The second-order valence-corrected chi connectivity index (χ2v) is 6.43. The lowest BCUT2D eigenvalue weighted by Crippen LogP contribution is -2.13. The maximum absolute atomic E-state index is 11.9. The van der Waals surface area contributed by atoms with Crippen molar-refractivity contribution in [3.8, 4) is 0 Å². The molecule has 0 aliphatic rings. The van der Waals surface area contributed by atoms with E-state index in [1.165, 1.54) is 5.56 Å². The lowest BCUT2D eigenvalue weighted by atomic mass is 9.86. The van der Waals surface area contributed by atoms with E-state index in [4.69, 9.17) is 4.74 Å². The standard InChI is InChI=1S/C17H26O2/c1-13(12-19-5)10-16(18)11-14-6-8-15(9-7-14)17(2,3)4/h6-9,13H,10-12H2,1-5H3. The van der Waals surface area contributed by atoms with Crippen molar-refractivity contribution in [2.24, 2.45) is 5.92 Å². The normalized spacial score (nSPS) is 13.3. The fourth-order valence-corrected chi connectivity index (χ4v) is 2.15. The fourth-order valence-electron chi connectivity index (χ4n) is 2.15. The third-order valence-corrected chi connectivity index (χ3v) is 3.25. The molecule has 2 heteroatoms. The molecule has 2 nitrogen and oxygen atoms in total. The van der Waals surface area contributed by atoms with E-state index in [1.54, 1.807) is 7.11 Å². The van der Waals surface area contributed by atoms with Gasteiger partial charge in [-0.1, -0.05) is 52.0 Å². The molecule has 1 aromatic rings. The van der Waals surface area contributed by atoms with Crippen molar-refractivity contribution in [2.45, 2.75) is 46.0 Å². The Labute approximate surface area is 117 Å². The first-order valence-corrected chi connectivity index (χ1v) is 6.93. The molecule has 1 atom stereocenters. The van der Waals surface area contributed by atoms with Crippen molar-refractivity contribution in [1.29, 1.82) is 0 Å². The number of carbonyl (C=O) groups is 1. The van der Waals surface area contributed by atoms with Gasteiger partial charge >= 0.3 is 0 Å². The summed E-state index contributed by atoms with van der Waals surface area (Å²) in [6, 6.07) is 8.39. The van der Waals surface area contributed by atoms with Gasteiger partial charge in [0.05, 0.1) is 0 Å². The summed E-state index contributed by atoms with van der Waals surface area (Å²) in [5, 5.41) is 0. The number of carbonyl (C=O) groups excluding carboxylic acids is 1. The minimum absolute atomic E-state index is 0.162. The van der Waals surface area contributed by atoms with Gasteiger partial charge in [-0.15, -0.1) is 0 Å². The van der Waals surface area contributed by atoms with Gasteiger partial charge in [0.25, 0.3) is 0 Å². The molecule has 0 N–H and O–H groups in total. The van der Waals surface area contributed by atoms with Gasteiger partial charge < -0.3 is 4.74 Å². The van der Waals surface area contributed by atoms with Crippen LogP contribution in [0.3, 0.4) is 0 Å². The van der Waals surface area contributed by atoms with Crippen LogP contribution >= 0.6 is 0 Å². The van der Waals surface area contributed by atoms with Gasteiger partial charge in [0, 0.05) is 26.6 Å². The summed E-state index contributed by atoms with van der Waals surface area (Å²) in [6.07, 6.45) is 1.12. The molecule has 0 amide bonds. The molecule has 1 unspecified atom stereocenters. The van der Waals surface area contributed by atoms with Gasteiger partial charge in [-0.25, -0.2) is 0 Å². The Morgan fingerprint density at radius 2 is 1.79 bits per heavy atom. The Hall–Kier alpha value is -1.15. The molecule has 0 fully saturated rings. The summed E-state index contributed by atoms with van der Waals surface area (Å²) in [7, 11) is 1.67. The van der Waals surface area contributed by atoms with Gasteiger partial charge in [-0.3, -0.25) is 4.79 Å². The van der Waals surface area contributed by atoms with Crippen LogP contribution in [0.25, 0.3) is 0 Å². The largest absolute Gasteiger partial charge is 0.384 e. The quantitative estimate of drug-likeness (QED) is 0.780. The molecule has 0 aliphatic heterocycles. The molecule has 0 saturated heterocycles. The summed E-state index contributed by atoms with van der Waals surface area (Å²) < 4.78 is 5.06. The van der Waals surface area contributed by atoms with Crippen LogP contribution in [-0.2, 0) is 21.4 Å². The maximum Gasteiger partial charge on any atom is 0.137 e. The number of ketones is 1. The van der Waals surface area contributed by atoms with Crippen LogP contribution in [0, 0.1) is 5.92 Å². The third-order valence-electron chi connectivity index (χ3n) is 3.25. The van der Waals surface area contributed by atoms with E-state index in [2.05, 4.69) is 45.0 Å². The van der Waals surface area contributed by atoms with E-state index in [9.17, 15) is 4.79 Å². The molecule has 0 radical (unpaired) electrons. The van der Waals surface area contributed by atoms with Crippen molar-refractivity contribution in [3.63, 3.8) is 0 Å². The van der Waals surface area contributed by atoms with Gasteiger partial charge in [-0.2, -0.15) is 0 Å². The fraction of sp³-hybridized carbons (Fsp3) is 0.588. The number of Topliss-reactive ketones (excluding diaryl/α,β-unsaturated/α-hetero) is 1. The molecule has 0 aromatic heterocycles. The molecule has 1 aromatic carbocycles. The Balaban J connectivity index is 2.56. The van der Waals surface area contributed by atoms with Crippen LogP contribution in [-0.4, -0.2) is 19.5 Å².